The monoisotopic (exact) mass is 348 g/mol. The Morgan fingerprint density at radius 1 is 1.19 bits per heavy atom. The molecule has 26 heavy (non-hydrogen) atoms. The molecular formula is C21H20N2O3. The van der Waals surface area contributed by atoms with Crippen LogP contribution in [0.3, 0.4) is 0 Å². The summed E-state index contributed by atoms with van der Waals surface area (Å²) in [6.07, 6.45) is 3.24. The predicted molar refractivity (Wildman–Crippen MR) is 98.1 cm³/mol. The molecule has 1 atom stereocenters. The zero-order chi connectivity index (χ0) is 18.1. The van der Waals surface area contributed by atoms with Crippen LogP contribution in [-0.2, 0) is 0 Å². The van der Waals surface area contributed by atoms with E-state index in [1.807, 2.05) is 31.2 Å². The third-order valence-electron chi connectivity index (χ3n) is 4.88. The summed E-state index contributed by atoms with van der Waals surface area (Å²) in [5, 5.41) is 0.923. The van der Waals surface area contributed by atoms with Crippen molar-refractivity contribution in [3.05, 3.63) is 65.7 Å². The van der Waals surface area contributed by atoms with Crippen LogP contribution in [0, 0.1) is 12.8 Å². The van der Waals surface area contributed by atoms with Crippen molar-refractivity contribution in [3.8, 4) is 0 Å². The van der Waals surface area contributed by atoms with Gasteiger partial charge in [0.1, 0.15) is 17.0 Å². The number of ketones is 1. The maximum atomic E-state index is 12.9. The first-order chi connectivity index (χ1) is 12.6. The lowest BCUT2D eigenvalue weighted by molar-refractivity contribution is 0.0635. The Morgan fingerprint density at radius 3 is 2.88 bits per heavy atom. The lowest BCUT2D eigenvalue weighted by Crippen LogP contribution is -2.42. The lowest BCUT2D eigenvalue weighted by Gasteiger charge is -2.32. The average Bonchev–Trinajstić information content (AvgIpc) is 3.06. The second kappa shape index (κ2) is 6.75. The molecule has 3 heterocycles. The Hall–Kier alpha value is -2.95. The molecule has 1 aliphatic rings. The van der Waals surface area contributed by atoms with Gasteiger partial charge in [-0.25, -0.2) is 0 Å². The average molecular weight is 348 g/mol. The molecule has 5 nitrogen and oxygen atoms in total. The molecule has 0 spiro atoms. The number of hydrogen-bond acceptors (Lipinski definition) is 4. The van der Waals surface area contributed by atoms with Crippen molar-refractivity contribution >= 4 is 22.7 Å². The second-order valence-electron chi connectivity index (χ2n) is 6.78. The molecule has 0 bridgehead atoms. The van der Waals surface area contributed by atoms with Crippen molar-refractivity contribution in [1.82, 2.24) is 9.88 Å². The van der Waals surface area contributed by atoms with Gasteiger partial charge in [-0.05, 0) is 56.2 Å². The van der Waals surface area contributed by atoms with E-state index in [4.69, 9.17) is 4.42 Å². The first kappa shape index (κ1) is 16.5. The molecular weight excluding hydrogens is 328 g/mol. The van der Waals surface area contributed by atoms with Crippen LogP contribution >= 0.6 is 0 Å². The number of carbonyl (C=O) groups excluding carboxylic acids is 2. The number of benzene rings is 1. The summed E-state index contributed by atoms with van der Waals surface area (Å²) < 4.78 is 5.57. The van der Waals surface area contributed by atoms with Gasteiger partial charge >= 0.3 is 0 Å². The number of pyridine rings is 1. The summed E-state index contributed by atoms with van der Waals surface area (Å²) in [6, 6.07) is 12.7. The quantitative estimate of drug-likeness (QED) is 0.674. The SMILES string of the molecule is Cc1cc2cc(C(=O)N3CCC[C@H](C(=O)c4ccccn4)C3)ccc2o1. The molecule has 3 aromatic rings. The van der Waals surface area contributed by atoms with Gasteiger partial charge in [0, 0.05) is 36.2 Å². The molecule has 1 aliphatic heterocycles. The molecule has 1 saturated heterocycles. The number of fused-ring (bicyclic) bond motifs is 1. The van der Waals surface area contributed by atoms with Gasteiger partial charge in [0.2, 0.25) is 0 Å². The number of aromatic nitrogens is 1. The minimum Gasteiger partial charge on any atom is -0.461 e. The number of likely N-dealkylation sites (tertiary alicyclic amines) is 1. The lowest BCUT2D eigenvalue weighted by atomic mass is 9.91. The highest BCUT2D eigenvalue weighted by Gasteiger charge is 2.30. The minimum atomic E-state index is -0.192. The molecule has 0 saturated carbocycles. The van der Waals surface area contributed by atoms with E-state index in [2.05, 4.69) is 4.98 Å². The Labute approximate surface area is 151 Å². The first-order valence-corrected chi connectivity index (χ1v) is 8.86. The standard InChI is InChI=1S/C21H20N2O3/c1-14-11-17-12-15(7-8-19(17)26-14)21(25)23-10-4-5-16(13-23)20(24)18-6-2-3-9-22-18/h2-3,6-9,11-12,16H,4-5,10,13H2,1H3/t16-/m0/s1. The Balaban J connectivity index is 1.53. The van der Waals surface area contributed by atoms with E-state index < -0.39 is 0 Å². The molecule has 1 amide bonds. The Kier molecular flexibility index (Phi) is 4.29. The maximum absolute atomic E-state index is 12.9. The zero-order valence-corrected chi connectivity index (χ0v) is 14.6. The van der Waals surface area contributed by atoms with Gasteiger partial charge < -0.3 is 9.32 Å². The number of Topliss-reactive ketones (excluding diaryl/α,β-unsaturated/α-hetero) is 1. The molecule has 0 N–H and O–H groups in total. The van der Waals surface area contributed by atoms with Gasteiger partial charge in [0.25, 0.3) is 5.91 Å². The van der Waals surface area contributed by atoms with E-state index in [1.165, 1.54) is 0 Å². The van der Waals surface area contributed by atoms with Crippen LogP contribution in [0.25, 0.3) is 11.0 Å². The van der Waals surface area contributed by atoms with Crippen molar-refractivity contribution in [1.29, 1.82) is 0 Å². The Bertz CT molecular complexity index is 962. The normalized spacial score (nSPS) is 17.4. The van der Waals surface area contributed by atoms with Crippen LogP contribution in [0.1, 0.15) is 39.4 Å². The number of amides is 1. The molecule has 2 aromatic heterocycles. The molecule has 1 fully saturated rings. The van der Waals surface area contributed by atoms with Crippen molar-refractivity contribution in [2.75, 3.05) is 13.1 Å². The minimum absolute atomic E-state index is 0.0176. The summed E-state index contributed by atoms with van der Waals surface area (Å²) in [5.74, 6) is 0.611. The van der Waals surface area contributed by atoms with E-state index in [1.54, 1.807) is 29.3 Å². The van der Waals surface area contributed by atoms with E-state index in [0.717, 1.165) is 29.6 Å². The van der Waals surface area contributed by atoms with Crippen molar-refractivity contribution in [2.24, 2.45) is 5.92 Å². The molecule has 132 valence electrons. The Morgan fingerprint density at radius 2 is 2.08 bits per heavy atom. The highest BCUT2D eigenvalue weighted by atomic mass is 16.3. The molecule has 5 heteroatoms. The zero-order valence-electron chi connectivity index (χ0n) is 14.6. The third kappa shape index (κ3) is 3.12. The summed E-state index contributed by atoms with van der Waals surface area (Å²) in [7, 11) is 0. The van der Waals surface area contributed by atoms with Crippen molar-refractivity contribution < 1.29 is 14.0 Å². The van der Waals surface area contributed by atoms with Crippen LogP contribution in [0.5, 0.6) is 0 Å². The maximum Gasteiger partial charge on any atom is 0.253 e. The summed E-state index contributed by atoms with van der Waals surface area (Å²) in [5.41, 5.74) is 1.88. The summed E-state index contributed by atoms with van der Waals surface area (Å²) in [4.78, 5) is 31.5. The number of nitrogens with zero attached hydrogens (tertiary/aromatic N) is 2. The van der Waals surface area contributed by atoms with E-state index in [-0.39, 0.29) is 17.6 Å². The van der Waals surface area contributed by atoms with Gasteiger partial charge in [0.05, 0.1) is 0 Å². The van der Waals surface area contributed by atoms with Gasteiger partial charge in [-0.3, -0.25) is 14.6 Å². The van der Waals surface area contributed by atoms with E-state index in [0.29, 0.717) is 24.3 Å². The van der Waals surface area contributed by atoms with E-state index >= 15 is 0 Å². The highest BCUT2D eigenvalue weighted by Crippen LogP contribution is 2.24. The fourth-order valence-electron chi connectivity index (χ4n) is 3.58. The number of piperidine rings is 1. The summed E-state index contributed by atoms with van der Waals surface area (Å²) >= 11 is 0. The van der Waals surface area contributed by atoms with Gasteiger partial charge in [0.15, 0.2) is 5.78 Å². The van der Waals surface area contributed by atoms with Crippen LogP contribution in [0.2, 0.25) is 0 Å². The number of furan rings is 1. The van der Waals surface area contributed by atoms with Gasteiger partial charge in [-0.15, -0.1) is 0 Å². The fourth-order valence-corrected chi connectivity index (χ4v) is 3.58. The highest BCUT2D eigenvalue weighted by molar-refractivity contribution is 5.99. The topological polar surface area (TPSA) is 63.4 Å². The largest absolute Gasteiger partial charge is 0.461 e. The van der Waals surface area contributed by atoms with Crippen LogP contribution in [0.15, 0.2) is 53.1 Å². The molecule has 1 aromatic carbocycles. The second-order valence-corrected chi connectivity index (χ2v) is 6.78. The van der Waals surface area contributed by atoms with Crippen LogP contribution in [0.4, 0.5) is 0 Å². The van der Waals surface area contributed by atoms with Gasteiger partial charge in [-0.2, -0.15) is 0 Å². The smallest absolute Gasteiger partial charge is 0.253 e. The first-order valence-electron chi connectivity index (χ1n) is 8.86. The molecule has 0 aliphatic carbocycles. The summed E-state index contributed by atoms with van der Waals surface area (Å²) in [6.45, 7) is 3.00. The van der Waals surface area contributed by atoms with Crippen LogP contribution in [-0.4, -0.2) is 34.7 Å². The van der Waals surface area contributed by atoms with Gasteiger partial charge in [-0.1, -0.05) is 6.07 Å². The molecule has 0 radical (unpaired) electrons. The number of aryl methyl sites for hydroxylation is 1. The van der Waals surface area contributed by atoms with Crippen molar-refractivity contribution in [2.45, 2.75) is 19.8 Å². The predicted octanol–water partition coefficient (Wildman–Crippen LogP) is 3.87. The fraction of sp³-hybridized carbons (Fsp3) is 0.286. The van der Waals surface area contributed by atoms with E-state index in [9.17, 15) is 9.59 Å². The third-order valence-corrected chi connectivity index (χ3v) is 4.88. The molecule has 0 unspecified atom stereocenters. The van der Waals surface area contributed by atoms with Crippen molar-refractivity contribution in [3.63, 3.8) is 0 Å². The van der Waals surface area contributed by atoms with Crippen LogP contribution < -0.4 is 0 Å². The molecule has 4 rings (SSSR count). The number of carbonyl (C=O) groups is 2. The number of hydrogen-bond donors (Lipinski definition) is 0. The number of rotatable bonds is 3.